The minimum atomic E-state index is -0.393. The molecule has 1 aliphatic rings. The van der Waals surface area contributed by atoms with Crippen LogP contribution in [0.5, 0.6) is 11.5 Å². The molecule has 8 nitrogen and oxygen atoms in total. The van der Waals surface area contributed by atoms with Crippen LogP contribution in [-0.4, -0.2) is 53.7 Å². The van der Waals surface area contributed by atoms with E-state index >= 15 is 0 Å². The molecule has 0 bridgehead atoms. The lowest BCUT2D eigenvalue weighted by molar-refractivity contribution is -0.123. The van der Waals surface area contributed by atoms with Gasteiger partial charge in [-0.1, -0.05) is 6.07 Å². The number of carbonyl (C=O) groups is 3. The molecule has 0 unspecified atom stereocenters. The van der Waals surface area contributed by atoms with E-state index < -0.39 is 5.91 Å². The first-order valence-electron chi connectivity index (χ1n) is 9.85. The lowest BCUT2D eigenvalue weighted by Gasteiger charge is -2.12. The summed E-state index contributed by atoms with van der Waals surface area (Å²) in [6.07, 6.45) is 4.63. The van der Waals surface area contributed by atoms with Gasteiger partial charge in [0, 0.05) is 24.5 Å². The van der Waals surface area contributed by atoms with Crippen molar-refractivity contribution in [3.05, 3.63) is 50.8 Å². The van der Waals surface area contributed by atoms with Crippen LogP contribution in [0.3, 0.4) is 0 Å². The number of thiazole rings is 1. The summed E-state index contributed by atoms with van der Waals surface area (Å²) in [7, 11) is 1.54. The van der Waals surface area contributed by atoms with Gasteiger partial charge in [0.05, 0.1) is 29.3 Å². The first-order valence-corrected chi connectivity index (χ1v) is 11.5. The number of methoxy groups -OCH3 is 1. The second-order valence-electron chi connectivity index (χ2n) is 6.59. The molecule has 1 fully saturated rings. The molecule has 10 heteroatoms. The Morgan fingerprint density at radius 1 is 1.28 bits per heavy atom. The Labute approximate surface area is 194 Å². The van der Waals surface area contributed by atoms with Crippen LogP contribution in [0.15, 0.2) is 34.6 Å². The summed E-state index contributed by atoms with van der Waals surface area (Å²) in [5.41, 5.74) is 1.43. The summed E-state index contributed by atoms with van der Waals surface area (Å²) in [6.45, 7) is 4.51. The third-order valence-electron chi connectivity index (χ3n) is 4.34. The number of thioether (sulfide) groups is 1. The molecule has 2 aromatic rings. The number of rotatable bonds is 9. The number of carbonyl (C=O) groups excluding carboxylic acids is 3. The first-order chi connectivity index (χ1) is 15.4. The summed E-state index contributed by atoms with van der Waals surface area (Å²) in [5, 5.41) is 5.07. The topological polar surface area (TPSA) is 97.8 Å². The summed E-state index contributed by atoms with van der Waals surface area (Å²) in [5.74, 6) is 0.439. The Morgan fingerprint density at radius 2 is 2.09 bits per heavy atom. The molecular formula is C22H23N3O5S2. The van der Waals surface area contributed by atoms with Crippen LogP contribution >= 0.6 is 23.1 Å². The number of hydrogen-bond donors (Lipinski definition) is 1. The third-order valence-corrected chi connectivity index (χ3v) is 6.03. The zero-order chi connectivity index (χ0) is 23.1. The lowest BCUT2D eigenvalue weighted by atomic mass is 10.2. The summed E-state index contributed by atoms with van der Waals surface area (Å²) in [6, 6.07) is 5.29. The molecule has 0 saturated carbocycles. The number of hydrogen-bond acceptors (Lipinski definition) is 8. The van der Waals surface area contributed by atoms with Crippen molar-refractivity contribution in [2.45, 2.75) is 13.8 Å². The zero-order valence-corrected chi connectivity index (χ0v) is 19.5. The third kappa shape index (κ3) is 5.98. The number of imide groups is 1. The maximum absolute atomic E-state index is 12.7. The number of nitrogens with one attached hydrogen (secondary N) is 1. The number of aryl methyl sites for hydroxylation is 1. The Kier molecular flexibility index (Phi) is 8.07. The van der Waals surface area contributed by atoms with Crippen molar-refractivity contribution < 1.29 is 23.9 Å². The van der Waals surface area contributed by atoms with Crippen LogP contribution in [-0.2, 0) is 9.59 Å². The van der Waals surface area contributed by atoms with Crippen molar-refractivity contribution >= 4 is 52.3 Å². The summed E-state index contributed by atoms with van der Waals surface area (Å²) < 4.78 is 10.8. The lowest BCUT2D eigenvalue weighted by Crippen LogP contribution is -2.36. The average molecular weight is 474 g/mol. The molecule has 0 atom stereocenters. The fraction of sp³-hybridized carbons (Fsp3) is 0.273. The molecule has 1 N–H and O–H groups in total. The molecule has 1 saturated heterocycles. The van der Waals surface area contributed by atoms with Gasteiger partial charge >= 0.3 is 0 Å². The van der Waals surface area contributed by atoms with Gasteiger partial charge in [0.1, 0.15) is 0 Å². The van der Waals surface area contributed by atoms with Gasteiger partial charge in [-0.05, 0) is 55.5 Å². The van der Waals surface area contributed by atoms with E-state index in [1.54, 1.807) is 30.4 Å². The fourth-order valence-corrected chi connectivity index (χ4v) is 4.31. The van der Waals surface area contributed by atoms with Crippen molar-refractivity contribution in [2.75, 3.05) is 26.8 Å². The van der Waals surface area contributed by atoms with E-state index in [9.17, 15) is 14.4 Å². The minimum absolute atomic E-state index is 0.0873. The first kappa shape index (κ1) is 23.6. The number of benzene rings is 1. The fourth-order valence-electron chi connectivity index (χ4n) is 2.86. The number of aromatic nitrogens is 1. The van der Waals surface area contributed by atoms with E-state index in [0.717, 1.165) is 21.7 Å². The second kappa shape index (κ2) is 11.0. The Bertz CT molecular complexity index is 1080. The largest absolute Gasteiger partial charge is 0.493 e. The van der Waals surface area contributed by atoms with Crippen molar-refractivity contribution in [1.29, 1.82) is 0 Å². The van der Waals surface area contributed by atoms with Crippen LogP contribution in [0.2, 0.25) is 0 Å². The van der Waals surface area contributed by atoms with Crippen LogP contribution < -0.4 is 14.8 Å². The van der Waals surface area contributed by atoms with Crippen molar-refractivity contribution in [1.82, 2.24) is 15.2 Å². The molecule has 1 aromatic carbocycles. The van der Waals surface area contributed by atoms with Crippen molar-refractivity contribution in [3.63, 3.8) is 0 Å². The molecular weight excluding hydrogens is 450 g/mol. The van der Waals surface area contributed by atoms with E-state index in [-0.39, 0.29) is 24.2 Å². The highest BCUT2D eigenvalue weighted by Gasteiger charge is 2.34. The molecule has 0 radical (unpaired) electrons. The molecule has 3 amide bonds. The van der Waals surface area contributed by atoms with E-state index in [4.69, 9.17) is 9.47 Å². The minimum Gasteiger partial charge on any atom is -0.493 e. The van der Waals surface area contributed by atoms with Crippen molar-refractivity contribution in [3.8, 4) is 11.5 Å². The van der Waals surface area contributed by atoms with E-state index in [0.29, 0.717) is 34.3 Å². The normalized spacial score (nSPS) is 15.1. The van der Waals surface area contributed by atoms with E-state index in [1.165, 1.54) is 24.5 Å². The molecule has 1 aliphatic heterocycles. The van der Waals surface area contributed by atoms with Crippen LogP contribution in [0, 0.1) is 6.92 Å². The van der Waals surface area contributed by atoms with E-state index in [1.807, 2.05) is 19.2 Å². The van der Waals surface area contributed by atoms with Gasteiger partial charge < -0.3 is 14.8 Å². The van der Waals surface area contributed by atoms with Crippen LogP contribution in [0.25, 0.3) is 12.2 Å². The number of amides is 3. The predicted molar refractivity (Wildman–Crippen MR) is 126 cm³/mol. The molecule has 3 rings (SSSR count). The molecule has 0 aliphatic carbocycles. The van der Waals surface area contributed by atoms with Gasteiger partial charge in [0.2, 0.25) is 5.91 Å². The van der Waals surface area contributed by atoms with Crippen LogP contribution in [0.1, 0.15) is 23.2 Å². The van der Waals surface area contributed by atoms with Gasteiger partial charge in [-0.25, -0.2) is 4.98 Å². The molecule has 1 aromatic heterocycles. The highest BCUT2D eigenvalue weighted by molar-refractivity contribution is 8.18. The predicted octanol–water partition coefficient (Wildman–Crippen LogP) is 3.72. The standard InChI is InChI=1S/C22H23N3O5S2/c1-4-30-17-7-5-15(11-18(17)29-3)12-19-21(27)25(22(28)32-19)10-9-23-20(26)8-6-16-13-31-14(2)24-16/h5-8,11-13H,4,9-10H2,1-3H3,(H,23,26)/b8-6+,19-12+. The maximum Gasteiger partial charge on any atom is 0.293 e. The molecule has 0 spiro atoms. The van der Waals surface area contributed by atoms with E-state index in [2.05, 4.69) is 10.3 Å². The van der Waals surface area contributed by atoms with Crippen LogP contribution in [0.4, 0.5) is 4.79 Å². The van der Waals surface area contributed by atoms with Gasteiger partial charge in [0.25, 0.3) is 11.1 Å². The highest BCUT2D eigenvalue weighted by Crippen LogP contribution is 2.34. The van der Waals surface area contributed by atoms with Crippen molar-refractivity contribution in [2.24, 2.45) is 0 Å². The Morgan fingerprint density at radius 3 is 2.78 bits per heavy atom. The number of nitrogens with zero attached hydrogens (tertiary/aromatic N) is 2. The quantitative estimate of drug-likeness (QED) is 0.554. The molecule has 2 heterocycles. The smallest absolute Gasteiger partial charge is 0.293 e. The monoisotopic (exact) mass is 473 g/mol. The van der Waals surface area contributed by atoms with Gasteiger partial charge in [-0.15, -0.1) is 11.3 Å². The Hall–Kier alpha value is -3.11. The summed E-state index contributed by atoms with van der Waals surface area (Å²) in [4.78, 5) is 42.6. The zero-order valence-electron chi connectivity index (χ0n) is 17.9. The molecule has 32 heavy (non-hydrogen) atoms. The SMILES string of the molecule is CCOc1ccc(/C=C2/SC(=O)N(CCNC(=O)/C=C/c3csc(C)n3)C2=O)cc1OC. The second-order valence-corrected chi connectivity index (χ2v) is 8.65. The highest BCUT2D eigenvalue weighted by atomic mass is 32.2. The van der Waals surface area contributed by atoms with Gasteiger partial charge in [-0.3, -0.25) is 19.3 Å². The van der Waals surface area contributed by atoms with Gasteiger partial charge in [-0.2, -0.15) is 0 Å². The van der Waals surface area contributed by atoms with Gasteiger partial charge in [0.15, 0.2) is 11.5 Å². The summed E-state index contributed by atoms with van der Waals surface area (Å²) >= 11 is 2.37. The average Bonchev–Trinajstić information content (AvgIpc) is 3.31. The Balaban J connectivity index is 1.57. The molecule has 168 valence electrons. The maximum atomic E-state index is 12.7. The number of ether oxygens (including phenoxy) is 2.